The largest absolute Gasteiger partial charge is 0.496 e. The number of methoxy groups -OCH3 is 1. The predicted octanol–water partition coefficient (Wildman–Crippen LogP) is 5.35. The summed E-state index contributed by atoms with van der Waals surface area (Å²) in [5, 5.41) is 10.5. The fraction of sp³-hybridized carbons (Fsp3) is 0.120. The summed E-state index contributed by atoms with van der Waals surface area (Å²) < 4.78 is 12.5. The molecule has 0 N–H and O–H groups in total. The second-order valence-electron chi connectivity index (χ2n) is 6.72. The van der Waals surface area contributed by atoms with Gasteiger partial charge in [0.2, 0.25) is 0 Å². The maximum Gasteiger partial charge on any atom is 0.338 e. The molecule has 5 heteroatoms. The Morgan fingerprint density at radius 3 is 2.53 bits per heavy atom. The molecule has 0 atom stereocenters. The molecular weight excluding hydrogens is 376 g/mol. The molecule has 0 spiro atoms. The highest BCUT2D eigenvalue weighted by Gasteiger charge is 2.14. The number of benzene rings is 3. The van der Waals surface area contributed by atoms with Crippen LogP contribution in [-0.4, -0.2) is 24.3 Å². The van der Waals surface area contributed by atoms with Crippen molar-refractivity contribution in [2.24, 2.45) is 0 Å². The van der Waals surface area contributed by atoms with Gasteiger partial charge in [0.25, 0.3) is 0 Å². The Labute approximate surface area is 174 Å². The lowest BCUT2D eigenvalue weighted by atomic mass is 10.0. The first-order valence-corrected chi connectivity index (χ1v) is 9.62. The maximum absolute atomic E-state index is 11.9. The first kappa shape index (κ1) is 19.3. The van der Waals surface area contributed by atoms with Gasteiger partial charge in [-0.15, -0.1) is 0 Å². The Morgan fingerprint density at radius 2 is 1.83 bits per heavy atom. The summed E-state index contributed by atoms with van der Waals surface area (Å²) in [4.78, 5) is 11.9. The van der Waals surface area contributed by atoms with E-state index in [1.165, 1.54) is 0 Å². The van der Waals surface area contributed by atoms with E-state index in [2.05, 4.69) is 6.07 Å². The summed E-state index contributed by atoms with van der Waals surface area (Å²) in [6.07, 6.45) is 1.82. The standard InChI is InChI=1S/C25H20N2O3/c1-3-30-25(28)17-8-11-20(12-9-17)27-16-19(15-26)22-14-18(10-13-23(22)27)21-6-4-5-7-24(21)29-2/h4-14,16H,3H2,1-2H3. The number of hydrogen-bond acceptors (Lipinski definition) is 4. The number of rotatable bonds is 5. The van der Waals surface area contributed by atoms with Crippen LogP contribution < -0.4 is 4.74 Å². The molecule has 148 valence electrons. The van der Waals surface area contributed by atoms with Crippen molar-refractivity contribution in [2.45, 2.75) is 6.92 Å². The Morgan fingerprint density at radius 1 is 1.07 bits per heavy atom. The van der Waals surface area contributed by atoms with Gasteiger partial charge in [-0.25, -0.2) is 4.79 Å². The first-order valence-electron chi connectivity index (χ1n) is 9.62. The van der Waals surface area contributed by atoms with Crippen LogP contribution in [0.1, 0.15) is 22.8 Å². The zero-order valence-electron chi connectivity index (χ0n) is 16.8. The molecule has 1 heterocycles. The third kappa shape index (κ3) is 3.40. The molecule has 4 aromatic rings. The molecule has 0 unspecified atom stereocenters. The summed E-state index contributed by atoms with van der Waals surface area (Å²) in [6, 6.07) is 23.3. The summed E-state index contributed by atoms with van der Waals surface area (Å²) in [7, 11) is 1.65. The van der Waals surface area contributed by atoms with Crippen molar-refractivity contribution in [2.75, 3.05) is 13.7 Å². The van der Waals surface area contributed by atoms with Crippen molar-refractivity contribution >= 4 is 16.9 Å². The topological polar surface area (TPSA) is 64.2 Å². The zero-order chi connectivity index (χ0) is 21.1. The molecule has 1 aromatic heterocycles. The van der Waals surface area contributed by atoms with Gasteiger partial charge in [-0.05, 0) is 55.0 Å². The number of aromatic nitrogens is 1. The van der Waals surface area contributed by atoms with E-state index in [1.54, 1.807) is 26.2 Å². The smallest absolute Gasteiger partial charge is 0.338 e. The molecule has 3 aromatic carbocycles. The van der Waals surface area contributed by atoms with E-state index in [-0.39, 0.29) is 5.97 Å². The van der Waals surface area contributed by atoms with Crippen molar-refractivity contribution in [3.63, 3.8) is 0 Å². The Balaban J connectivity index is 1.80. The van der Waals surface area contributed by atoms with Gasteiger partial charge >= 0.3 is 5.97 Å². The molecular formula is C25H20N2O3. The summed E-state index contributed by atoms with van der Waals surface area (Å²) >= 11 is 0. The number of carbonyl (C=O) groups is 1. The second kappa shape index (κ2) is 8.14. The van der Waals surface area contributed by atoms with Crippen LogP contribution in [0.3, 0.4) is 0 Å². The van der Waals surface area contributed by atoms with E-state index in [0.717, 1.165) is 33.5 Å². The minimum atomic E-state index is -0.347. The monoisotopic (exact) mass is 396 g/mol. The molecule has 0 aliphatic carbocycles. The van der Waals surface area contributed by atoms with Crippen molar-refractivity contribution in [1.29, 1.82) is 5.26 Å². The lowest BCUT2D eigenvalue weighted by Gasteiger charge is -2.10. The average Bonchev–Trinajstić information content (AvgIpc) is 3.17. The lowest BCUT2D eigenvalue weighted by molar-refractivity contribution is 0.0526. The molecule has 0 saturated heterocycles. The van der Waals surface area contributed by atoms with E-state index < -0.39 is 0 Å². The van der Waals surface area contributed by atoms with Crippen molar-refractivity contribution < 1.29 is 14.3 Å². The summed E-state index contributed by atoms with van der Waals surface area (Å²) in [5.74, 6) is 0.435. The van der Waals surface area contributed by atoms with Gasteiger partial charge in [0, 0.05) is 22.8 Å². The quantitative estimate of drug-likeness (QED) is 0.426. The van der Waals surface area contributed by atoms with E-state index in [9.17, 15) is 10.1 Å². The summed E-state index contributed by atoms with van der Waals surface area (Å²) in [6.45, 7) is 2.11. The first-order chi connectivity index (χ1) is 14.7. The van der Waals surface area contributed by atoms with E-state index >= 15 is 0 Å². The number of para-hydroxylation sites is 1. The molecule has 0 radical (unpaired) electrons. The van der Waals surface area contributed by atoms with Gasteiger partial charge in [0.1, 0.15) is 11.8 Å². The zero-order valence-corrected chi connectivity index (χ0v) is 16.8. The van der Waals surface area contributed by atoms with Crippen LogP contribution in [-0.2, 0) is 4.74 Å². The Hall–Kier alpha value is -4.04. The van der Waals surface area contributed by atoms with Gasteiger partial charge in [0.05, 0.1) is 30.4 Å². The van der Waals surface area contributed by atoms with Gasteiger partial charge in [0.15, 0.2) is 0 Å². The molecule has 0 aliphatic heterocycles. The molecule has 0 fully saturated rings. The van der Waals surface area contributed by atoms with Crippen LogP contribution in [0.5, 0.6) is 5.75 Å². The van der Waals surface area contributed by atoms with Crippen LogP contribution in [0.15, 0.2) is 72.9 Å². The van der Waals surface area contributed by atoms with Gasteiger partial charge in [-0.1, -0.05) is 24.3 Å². The van der Waals surface area contributed by atoms with Crippen LogP contribution >= 0.6 is 0 Å². The molecule has 0 bridgehead atoms. The summed E-state index contributed by atoms with van der Waals surface area (Å²) in [5.41, 5.74) is 4.80. The van der Waals surface area contributed by atoms with Gasteiger partial charge in [-0.3, -0.25) is 0 Å². The Kier molecular flexibility index (Phi) is 5.23. The van der Waals surface area contributed by atoms with E-state index in [4.69, 9.17) is 9.47 Å². The second-order valence-corrected chi connectivity index (χ2v) is 6.72. The number of nitriles is 1. The molecule has 30 heavy (non-hydrogen) atoms. The normalized spacial score (nSPS) is 10.6. The number of ether oxygens (including phenoxy) is 2. The third-order valence-electron chi connectivity index (χ3n) is 5.00. The predicted molar refractivity (Wildman–Crippen MR) is 116 cm³/mol. The maximum atomic E-state index is 11.9. The fourth-order valence-electron chi connectivity index (χ4n) is 3.56. The van der Waals surface area contributed by atoms with Crippen LogP contribution in [0.25, 0.3) is 27.7 Å². The third-order valence-corrected chi connectivity index (χ3v) is 5.00. The minimum Gasteiger partial charge on any atom is -0.496 e. The highest BCUT2D eigenvalue weighted by molar-refractivity contribution is 5.93. The van der Waals surface area contributed by atoms with Gasteiger partial charge in [-0.2, -0.15) is 5.26 Å². The van der Waals surface area contributed by atoms with Crippen LogP contribution in [0.4, 0.5) is 0 Å². The lowest BCUT2D eigenvalue weighted by Crippen LogP contribution is -2.04. The fourth-order valence-corrected chi connectivity index (χ4v) is 3.56. The number of esters is 1. The highest BCUT2D eigenvalue weighted by atomic mass is 16.5. The van der Waals surface area contributed by atoms with Crippen LogP contribution in [0.2, 0.25) is 0 Å². The minimum absolute atomic E-state index is 0.336. The van der Waals surface area contributed by atoms with Gasteiger partial charge < -0.3 is 14.0 Å². The molecule has 4 rings (SSSR count). The number of hydrogen-bond donors (Lipinski definition) is 0. The highest BCUT2D eigenvalue weighted by Crippen LogP contribution is 2.34. The van der Waals surface area contributed by atoms with Crippen molar-refractivity contribution in [3.8, 4) is 28.6 Å². The molecule has 0 saturated carbocycles. The van der Waals surface area contributed by atoms with E-state index in [0.29, 0.717) is 17.7 Å². The van der Waals surface area contributed by atoms with Crippen LogP contribution in [0, 0.1) is 11.3 Å². The number of fused-ring (bicyclic) bond motifs is 1. The number of nitrogens with zero attached hydrogens (tertiary/aromatic N) is 2. The van der Waals surface area contributed by atoms with Crippen molar-refractivity contribution in [3.05, 3.63) is 84.1 Å². The Bertz CT molecular complexity index is 1260. The van der Waals surface area contributed by atoms with E-state index in [1.807, 2.05) is 65.4 Å². The molecule has 0 amide bonds. The SMILES string of the molecule is CCOC(=O)c1ccc(-n2cc(C#N)c3cc(-c4ccccc4OC)ccc32)cc1. The number of carbonyl (C=O) groups excluding carboxylic acids is 1. The molecule has 0 aliphatic rings. The molecule has 5 nitrogen and oxygen atoms in total. The van der Waals surface area contributed by atoms with Crippen molar-refractivity contribution in [1.82, 2.24) is 4.57 Å². The average molecular weight is 396 g/mol.